The zero-order valence-corrected chi connectivity index (χ0v) is 31.6. The Hall–Kier alpha value is -4.40. The van der Waals surface area contributed by atoms with Crippen LogP contribution in [0.5, 0.6) is 11.5 Å². The summed E-state index contributed by atoms with van der Waals surface area (Å²) in [4.78, 5) is 0. The van der Waals surface area contributed by atoms with Crippen molar-refractivity contribution in [3.8, 4) is 35.2 Å². The first-order chi connectivity index (χ1) is 25.1. The van der Waals surface area contributed by atoms with E-state index in [0.29, 0.717) is 23.7 Å². The summed E-state index contributed by atoms with van der Waals surface area (Å²) in [5.74, 6) is 18.2. The van der Waals surface area contributed by atoms with Gasteiger partial charge in [0, 0.05) is 23.0 Å². The number of benzene rings is 4. The Morgan fingerprint density at radius 2 is 0.882 bits per heavy atom. The van der Waals surface area contributed by atoms with E-state index in [1.165, 1.54) is 86.5 Å². The minimum absolute atomic E-state index is 0.546. The van der Waals surface area contributed by atoms with Crippen LogP contribution in [0.15, 0.2) is 97.1 Å². The molecule has 4 aromatic rings. The Labute approximate surface area is 309 Å². The monoisotopic (exact) mass is 678 g/mol. The van der Waals surface area contributed by atoms with Crippen LogP contribution in [0.4, 0.5) is 0 Å². The van der Waals surface area contributed by atoms with Crippen LogP contribution in [0.1, 0.15) is 130 Å². The highest BCUT2D eigenvalue weighted by Gasteiger charge is 2.22. The first-order valence-electron chi connectivity index (χ1n) is 19.6. The zero-order chi connectivity index (χ0) is 35.7. The van der Waals surface area contributed by atoms with E-state index in [4.69, 9.17) is 9.47 Å². The maximum absolute atomic E-state index is 5.54. The van der Waals surface area contributed by atoms with Crippen molar-refractivity contribution in [2.75, 3.05) is 13.7 Å². The fraction of sp³-hybridized carbons (Fsp3) is 0.429. The van der Waals surface area contributed by atoms with Crippen molar-refractivity contribution in [1.82, 2.24) is 0 Å². The lowest BCUT2D eigenvalue weighted by Crippen LogP contribution is -2.12. The standard InChI is InChI=1S/C25H30O.C24H28O/c1-3-5-20-6-8-21(9-7-20)10-11-22-12-14-23(15-13-22)24-16-18-25(19-17-24)26-4-2;1-3-4-19-5-7-20(8-6-19)9-10-21-11-13-22(14-12-21)23-15-17-24(25-2)18-16-23/h6-9,16-19,22-23H,3-5,12-15H2,1-2H3;5-8,15-18,21-22H,3-4,11-14H2,1-2H3/t22-,23-;21-,22-. The average molecular weight is 679 g/mol. The van der Waals surface area contributed by atoms with Crippen LogP contribution in [0.25, 0.3) is 0 Å². The van der Waals surface area contributed by atoms with Gasteiger partial charge in [-0.1, -0.05) is 98.9 Å². The minimum Gasteiger partial charge on any atom is -0.497 e. The van der Waals surface area contributed by atoms with Crippen molar-refractivity contribution in [3.05, 3.63) is 130 Å². The maximum Gasteiger partial charge on any atom is 0.119 e. The molecule has 0 heterocycles. The number of hydrogen-bond donors (Lipinski definition) is 0. The molecule has 2 saturated carbocycles. The molecule has 0 amide bonds. The number of ether oxygens (including phenoxy) is 2. The summed E-state index contributed by atoms with van der Waals surface area (Å²) in [6.07, 6.45) is 14.5. The summed E-state index contributed by atoms with van der Waals surface area (Å²) < 4.78 is 10.8. The normalized spacial score (nSPS) is 19.6. The molecule has 0 spiro atoms. The van der Waals surface area contributed by atoms with Crippen LogP contribution in [0.2, 0.25) is 0 Å². The van der Waals surface area contributed by atoms with Crippen molar-refractivity contribution in [1.29, 1.82) is 0 Å². The van der Waals surface area contributed by atoms with Gasteiger partial charge in [0.2, 0.25) is 0 Å². The molecule has 2 aliphatic carbocycles. The van der Waals surface area contributed by atoms with E-state index in [-0.39, 0.29) is 0 Å². The van der Waals surface area contributed by atoms with Gasteiger partial charge in [0.05, 0.1) is 13.7 Å². The third-order valence-corrected chi connectivity index (χ3v) is 10.5. The first kappa shape index (κ1) is 37.8. The van der Waals surface area contributed by atoms with Crippen molar-refractivity contribution < 1.29 is 9.47 Å². The summed E-state index contributed by atoms with van der Waals surface area (Å²) in [5.41, 5.74) is 8.02. The fourth-order valence-electron chi connectivity index (χ4n) is 7.48. The first-order valence-corrected chi connectivity index (χ1v) is 19.6. The van der Waals surface area contributed by atoms with Crippen LogP contribution in [0.3, 0.4) is 0 Å². The van der Waals surface area contributed by atoms with E-state index >= 15 is 0 Å². The van der Waals surface area contributed by atoms with Gasteiger partial charge in [-0.2, -0.15) is 0 Å². The molecular weight excluding hydrogens is 621 g/mol. The second-order valence-electron chi connectivity index (χ2n) is 14.3. The highest BCUT2D eigenvalue weighted by molar-refractivity contribution is 5.38. The van der Waals surface area contributed by atoms with Gasteiger partial charge in [-0.25, -0.2) is 0 Å². The SMILES string of the molecule is CCCc1ccc(C#C[C@H]2CC[C@H](c3ccc(OC)cc3)CC2)cc1.CCCc1ccc(C#C[C@H]2CC[C@H](c3ccc(OCC)cc3)CC2)cc1. The van der Waals surface area contributed by atoms with Gasteiger partial charge in [-0.3, -0.25) is 0 Å². The van der Waals surface area contributed by atoms with Gasteiger partial charge in [-0.15, -0.1) is 0 Å². The summed E-state index contributed by atoms with van der Waals surface area (Å²) in [6, 6.07) is 34.8. The minimum atomic E-state index is 0.546. The topological polar surface area (TPSA) is 18.5 Å². The molecule has 0 N–H and O–H groups in total. The fourth-order valence-corrected chi connectivity index (χ4v) is 7.48. The van der Waals surface area contributed by atoms with E-state index in [1.54, 1.807) is 7.11 Å². The van der Waals surface area contributed by atoms with Crippen LogP contribution in [-0.4, -0.2) is 13.7 Å². The summed E-state index contributed by atoms with van der Waals surface area (Å²) in [6.45, 7) is 7.19. The molecule has 2 nitrogen and oxygen atoms in total. The van der Waals surface area contributed by atoms with E-state index in [9.17, 15) is 0 Å². The molecule has 0 aliphatic heterocycles. The zero-order valence-electron chi connectivity index (χ0n) is 31.6. The lowest BCUT2D eigenvalue weighted by Gasteiger charge is -2.26. The highest BCUT2D eigenvalue weighted by Crippen LogP contribution is 2.37. The van der Waals surface area contributed by atoms with Crippen LogP contribution in [-0.2, 0) is 12.8 Å². The number of hydrogen-bond acceptors (Lipinski definition) is 2. The third kappa shape index (κ3) is 12.1. The lowest BCUT2D eigenvalue weighted by molar-refractivity contribution is 0.339. The van der Waals surface area contributed by atoms with E-state index in [2.05, 4.69) is 135 Å². The second kappa shape index (κ2) is 20.4. The molecule has 0 radical (unpaired) electrons. The molecule has 4 aromatic carbocycles. The second-order valence-corrected chi connectivity index (χ2v) is 14.3. The van der Waals surface area contributed by atoms with Crippen molar-refractivity contribution >= 4 is 0 Å². The van der Waals surface area contributed by atoms with Gasteiger partial charge in [0.25, 0.3) is 0 Å². The number of methoxy groups -OCH3 is 1. The van der Waals surface area contributed by atoms with Gasteiger partial charge in [-0.05, 0) is 154 Å². The Balaban J connectivity index is 0.000000198. The van der Waals surface area contributed by atoms with Crippen LogP contribution >= 0.6 is 0 Å². The largest absolute Gasteiger partial charge is 0.497 e. The Morgan fingerprint density at radius 3 is 1.24 bits per heavy atom. The predicted octanol–water partition coefficient (Wildman–Crippen LogP) is 12.3. The van der Waals surface area contributed by atoms with E-state index < -0.39 is 0 Å². The number of aryl methyl sites for hydroxylation is 2. The molecule has 6 rings (SSSR count). The van der Waals surface area contributed by atoms with Crippen LogP contribution in [0, 0.1) is 35.5 Å². The molecule has 0 bridgehead atoms. The molecule has 0 unspecified atom stereocenters. The molecule has 0 atom stereocenters. The lowest BCUT2D eigenvalue weighted by atomic mass is 9.79. The predicted molar refractivity (Wildman–Crippen MR) is 215 cm³/mol. The van der Waals surface area contributed by atoms with Gasteiger partial charge in [0.15, 0.2) is 0 Å². The Kier molecular flexibility index (Phi) is 15.2. The molecule has 2 aliphatic rings. The molecule has 266 valence electrons. The van der Waals surface area contributed by atoms with Crippen molar-refractivity contribution in [2.45, 2.75) is 110 Å². The molecule has 0 aromatic heterocycles. The summed E-state index contributed by atoms with van der Waals surface area (Å²) >= 11 is 0. The summed E-state index contributed by atoms with van der Waals surface area (Å²) in [5, 5.41) is 0. The van der Waals surface area contributed by atoms with Gasteiger partial charge >= 0.3 is 0 Å². The van der Waals surface area contributed by atoms with Crippen molar-refractivity contribution in [3.63, 3.8) is 0 Å². The van der Waals surface area contributed by atoms with Crippen molar-refractivity contribution in [2.24, 2.45) is 11.8 Å². The molecule has 2 fully saturated rings. The molecule has 2 heteroatoms. The third-order valence-electron chi connectivity index (χ3n) is 10.5. The highest BCUT2D eigenvalue weighted by atomic mass is 16.5. The van der Waals surface area contributed by atoms with Gasteiger partial charge < -0.3 is 9.47 Å². The molecular formula is C49H58O2. The number of rotatable bonds is 9. The van der Waals surface area contributed by atoms with Gasteiger partial charge in [0.1, 0.15) is 11.5 Å². The Morgan fingerprint density at radius 1 is 0.490 bits per heavy atom. The molecule has 0 saturated heterocycles. The van der Waals surface area contributed by atoms with E-state index in [1.807, 2.05) is 6.92 Å². The van der Waals surface area contributed by atoms with Crippen LogP contribution < -0.4 is 9.47 Å². The Bertz CT molecular complexity index is 1690. The maximum atomic E-state index is 5.54. The van der Waals surface area contributed by atoms with E-state index in [0.717, 1.165) is 42.1 Å². The smallest absolute Gasteiger partial charge is 0.119 e. The molecule has 51 heavy (non-hydrogen) atoms. The summed E-state index contributed by atoms with van der Waals surface area (Å²) in [7, 11) is 1.72. The average Bonchev–Trinajstić information content (AvgIpc) is 3.19. The quantitative estimate of drug-likeness (QED) is 0.164.